The standard InChI is InChI=1S/C11H23N3O4/c1-4-14(5-2)6-8(3)12-11(18)13-9(7-15)10(16)17/h8-9,15H,4-7H2,1-3H3,(H,16,17)(H2,12,13,18). The molecule has 18 heavy (non-hydrogen) atoms. The van der Waals surface area contributed by atoms with Gasteiger partial charge in [-0.1, -0.05) is 13.8 Å². The Kier molecular flexibility index (Phi) is 8.06. The highest BCUT2D eigenvalue weighted by Gasteiger charge is 2.19. The Morgan fingerprint density at radius 3 is 2.17 bits per heavy atom. The monoisotopic (exact) mass is 261 g/mol. The zero-order chi connectivity index (χ0) is 14.1. The summed E-state index contributed by atoms with van der Waals surface area (Å²) in [5, 5.41) is 22.3. The molecule has 7 nitrogen and oxygen atoms in total. The highest BCUT2D eigenvalue weighted by atomic mass is 16.4. The van der Waals surface area contributed by atoms with Crippen molar-refractivity contribution in [2.24, 2.45) is 0 Å². The Hall–Kier alpha value is -1.34. The summed E-state index contributed by atoms with van der Waals surface area (Å²) in [6, 6.07) is -1.96. The third kappa shape index (κ3) is 6.41. The lowest BCUT2D eigenvalue weighted by Gasteiger charge is -2.24. The fourth-order valence-electron chi connectivity index (χ4n) is 1.52. The SMILES string of the molecule is CCN(CC)CC(C)NC(=O)NC(CO)C(=O)O. The molecular formula is C11H23N3O4. The van der Waals surface area contributed by atoms with Crippen molar-refractivity contribution in [3.63, 3.8) is 0 Å². The van der Waals surface area contributed by atoms with Crippen LogP contribution in [0.3, 0.4) is 0 Å². The summed E-state index contributed by atoms with van der Waals surface area (Å²) in [6.45, 7) is 7.74. The molecule has 0 aliphatic carbocycles. The third-order valence-electron chi connectivity index (χ3n) is 2.59. The maximum atomic E-state index is 11.5. The first-order valence-electron chi connectivity index (χ1n) is 6.07. The van der Waals surface area contributed by atoms with Gasteiger partial charge in [-0.2, -0.15) is 0 Å². The summed E-state index contributed by atoms with van der Waals surface area (Å²) in [5.41, 5.74) is 0. The molecule has 2 amide bonds. The predicted octanol–water partition coefficient (Wildman–Crippen LogP) is -0.539. The normalized spacial score (nSPS) is 14.1. The van der Waals surface area contributed by atoms with E-state index in [-0.39, 0.29) is 6.04 Å². The average Bonchev–Trinajstić information content (AvgIpc) is 2.32. The number of carboxylic acid groups (broad SMARTS) is 1. The number of carboxylic acids is 1. The first-order chi connectivity index (χ1) is 8.44. The van der Waals surface area contributed by atoms with E-state index >= 15 is 0 Å². The van der Waals surface area contributed by atoms with Gasteiger partial charge in [-0.15, -0.1) is 0 Å². The molecule has 0 spiro atoms. The van der Waals surface area contributed by atoms with Crippen molar-refractivity contribution < 1.29 is 19.8 Å². The molecule has 2 atom stereocenters. The van der Waals surface area contributed by atoms with E-state index in [1.165, 1.54) is 0 Å². The summed E-state index contributed by atoms with van der Waals surface area (Å²) in [4.78, 5) is 24.2. The number of aliphatic hydroxyl groups excluding tert-OH is 1. The molecule has 0 saturated carbocycles. The molecule has 0 aliphatic rings. The number of nitrogens with zero attached hydrogens (tertiary/aromatic N) is 1. The topological polar surface area (TPSA) is 102 Å². The fraction of sp³-hybridized carbons (Fsp3) is 0.818. The van der Waals surface area contributed by atoms with Gasteiger partial charge >= 0.3 is 12.0 Å². The van der Waals surface area contributed by atoms with Crippen LogP contribution in [0.1, 0.15) is 20.8 Å². The highest BCUT2D eigenvalue weighted by molar-refractivity contribution is 5.82. The first kappa shape index (κ1) is 16.7. The second kappa shape index (κ2) is 8.71. The third-order valence-corrected chi connectivity index (χ3v) is 2.59. The van der Waals surface area contributed by atoms with Crippen LogP contribution in [0.25, 0.3) is 0 Å². The van der Waals surface area contributed by atoms with Crippen LogP contribution in [0.5, 0.6) is 0 Å². The van der Waals surface area contributed by atoms with Crippen LogP contribution in [0.2, 0.25) is 0 Å². The quantitative estimate of drug-likeness (QED) is 0.470. The minimum atomic E-state index is -1.27. The second-order valence-corrected chi connectivity index (χ2v) is 4.08. The summed E-state index contributed by atoms with van der Waals surface area (Å²) in [5.74, 6) is -1.26. The lowest BCUT2D eigenvalue weighted by atomic mass is 10.3. The molecule has 0 fully saturated rings. The predicted molar refractivity (Wildman–Crippen MR) is 67.4 cm³/mol. The second-order valence-electron chi connectivity index (χ2n) is 4.08. The molecule has 106 valence electrons. The number of carbonyl (C=O) groups excluding carboxylic acids is 1. The molecule has 0 radical (unpaired) electrons. The first-order valence-corrected chi connectivity index (χ1v) is 6.07. The van der Waals surface area contributed by atoms with Gasteiger partial charge in [0, 0.05) is 12.6 Å². The van der Waals surface area contributed by atoms with E-state index in [1.54, 1.807) is 0 Å². The maximum Gasteiger partial charge on any atom is 0.328 e. The van der Waals surface area contributed by atoms with Gasteiger partial charge in [-0.3, -0.25) is 0 Å². The van der Waals surface area contributed by atoms with Gasteiger partial charge in [0.1, 0.15) is 0 Å². The van der Waals surface area contributed by atoms with Crippen molar-refractivity contribution in [3.05, 3.63) is 0 Å². The molecule has 0 aromatic heterocycles. The number of carbonyl (C=O) groups is 2. The number of nitrogens with one attached hydrogen (secondary N) is 2. The van der Waals surface area contributed by atoms with E-state index in [0.29, 0.717) is 6.54 Å². The average molecular weight is 261 g/mol. The summed E-state index contributed by atoms with van der Waals surface area (Å²) < 4.78 is 0. The Balaban J connectivity index is 4.10. The molecule has 0 rings (SSSR count). The van der Waals surface area contributed by atoms with Crippen molar-refractivity contribution in [3.8, 4) is 0 Å². The zero-order valence-corrected chi connectivity index (χ0v) is 11.1. The molecule has 2 unspecified atom stereocenters. The van der Waals surface area contributed by atoms with E-state index in [4.69, 9.17) is 10.2 Å². The Bertz CT molecular complexity index is 269. The van der Waals surface area contributed by atoms with Gasteiger partial charge in [-0.25, -0.2) is 9.59 Å². The van der Waals surface area contributed by atoms with Crippen LogP contribution in [-0.2, 0) is 4.79 Å². The van der Waals surface area contributed by atoms with E-state index in [0.717, 1.165) is 13.1 Å². The van der Waals surface area contributed by atoms with Crippen molar-refractivity contribution in [2.75, 3.05) is 26.2 Å². The molecule has 4 N–H and O–H groups in total. The van der Waals surface area contributed by atoms with E-state index in [1.807, 2.05) is 20.8 Å². The molecule has 0 aliphatic heterocycles. The smallest absolute Gasteiger partial charge is 0.328 e. The Labute approximate surface area is 107 Å². The van der Waals surface area contributed by atoms with Gasteiger partial charge in [0.05, 0.1) is 6.61 Å². The lowest BCUT2D eigenvalue weighted by Crippen LogP contribution is -2.51. The van der Waals surface area contributed by atoms with Gasteiger partial charge in [-0.05, 0) is 20.0 Å². The number of likely N-dealkylation sites (N-methyl/N-ethyl adjacent to an activating group) is 1. The fourth-order valence-corrected chi connectivity index (χ4v) is 1.52. The van der Waals surface area contributed by atoms with Crippen molar-refractivity contribution in [1.82, 2.24) is 15.5 Å². The minimum absolute atomic E-state index is 0.0990. The van der Waals surface area contributed by atoms with Crippen LogP contribution >= 0.6 is 0 Å². The Morgan fingerprint density at radius 1 is 1.22 bits per heavy atom. The van der Waals surface area contributed by atoms with E-state index in [9.17, 15) is 9.59 Å². The summed E-state index contributed by atoms with van der Waals surface area (Å²) >= 11 is 0. The number of rotatable bonds is 8. The Morgan fingerprint density at radius 2 is 1.78 bits per heavy atom. The van der Waals surface area contributed by atoms with Crippen LogP contribution in [0, 0.1) is 0 Å². The van der Waals surface area contributed by atoms with Crippen LogP contribution < -0.4 is 10.6 Å². The molecular weight excluding hydrogens is 238 g/mol. The van der Waals surface area contributed by atoms with Gasteiger partial charge in [0.15, 0.2) is 6.04 Å². The number of hydrogen-bond acceptors (Lipinski definition) is 4. The minimum Gasteiger partial charge on any atom is -0.480 e. The van der Waals surface area contributed by atoms with E-state index < -0.39 is 24.6 Å². The van der Waals surface area contributed by atoms with Gasteiger partial charge < -0.3 is 25.7 Å². The van der Waals surface area contributed by atoms with Crippen LogP contribution in [0.15, 0.2) is 0 Å². The number of amides is 2. The number of urea groups is 1. The lowest BCUT2D eigenvalue weighted by molar-refractivity contribution is -0.140. The van der Waals surface area contributed by atoms with Crippen molar-refractivity contribution in [1.29, 1.82) is 0 Å². The van der Waals surface area contributed by atoms with Crippen molar-refractivity contribution >= 4 is 12.0 Å². The number of hydrogen-bond donors (Lipinski definition) is 4. The summed E-state index contributed by atoms with van der Waals surface area (Å²) in [6.07, 6.45) is 0. The van der Waals surface area contributed by atoms with Gasteiger partial charge in [0.2, 0.25) is 0 Å². The molecule has 0 heterocycles. The highest BCUT2D eigenvalue weighted by Crippen LogP contribution is 1.92. The number of aliphatic carboxylic acids is 1. The van der Waals surface area contributed by atoms with E-state index in [2.05, 4.69) is 15.5 Å². The number of aliphatic hydroxyl groups is 1. The molecule has 0 bridgehead atoms. The summed E-state index contributed by atoms with van der Waals surface area (Å²) in [7, 11) is 0. The molecule has 0 aromatic carbocycles. The maximum absolute atomic E-state index is 11.5. The molecule has 0 saturated heterocycles. The largest absolute Gasteiger partial charge is 0.480 e. The zero-order valence-electron chi connectivity index (χ0n) is 11.1. The van der Waals surface area contributed by atoms with Gasteiger partial charge in [0.25, 0.3) is 0 Å². The van der Waals surface area contributed by atoms with Crippen LogP contribution in [-0.4, -0.2) is 65.4 Å². The molecule has 0 aromatic rings. The van der Waals surface area contributed by atoms with Crippen LogP contribution in [0.4, 0.5) is 4.79 Å². The molecule has 7 heteroatoms. The van der Waals surface area contributed by atoms with Crippen molar-refractivity contribution in [2.45, 2.75) is 32.9 Å².